The molecule has 0 atom stereocenters. The number of ether oxygens (including phenoxy) is 1. The highest BCUT2D eigenvalue weighted by Crippen LogP contribution is 2.33. The van der Waals surface area contributed by atoms with Gasteiger partial charge in [-0.2, -0.15) is 13.2 Å². The summed E-state index contributed by atoms with van der Waals surface area (Å²) < 4.78 is 43.8. The molecule has 1 aliphatic rings. The lowest BCUT2D eigenvalue weighted by Gasteiger charge is -2.14. The zero-order chi connectivity index (χ0) is 22.0. The number of nitrogens with zero attached hydrogens (tertiary/aromatic N) is 1. The number of amides is 2. The molecule has 0 unspecified atom stereocenters. The summed E-state index contributed by atoms with van der Waals surface area (Å²) in [6.07, 6.45) is -3.02. The van der Waals surface area contributed by atoms with Crippen LogP contribution in [0.3, 0.4) is 0 Å². The van der Waals surface area contributed by atoms with E-state index in [-0.39, 0.29) is 18.1 Å². The number of carbonyl (C=O) groups is 2. The second-order valence-electron chi connectivity index (χ2n) is 6.78. The van der Waals surface area contributed by atoms with Crippen LogP contribution in [0.1, 0.15) is 11.1 Å². The van der Waals surface area contributed by atoms with Gasteiger partial charge in [-0.3, -0.25) is 14.5 Å². The first kappa shape index (κ1) is 21.0. The van der Waals surface area contributed by atoms with Crippen molar-refractivity contribution in [3.63, 3.8) is 0 Å². The summed E-state index contributed by atoms with van der Waals surface area (Å²) in [4.78, 5) is 26.1. The van der Waals surface area contributed by atoms with Gasteiger partial charge in [0.25, 0.3) is 11.1 Å². The van der Waals surface area contributed by atoms with Crippen molar-refractivity contribution in [3.05, 3.63) is 82.8 Å². The van der Waals surface area contributed by atoms with E-state index in [9.17, 15) is 22.8 Å². The molecule has 4 nitrogen and oxygen atoms in total. The maximum atomic E-state index is 12.7. The number of carbonyl (C=O) groups excluding carboxylic acids is 2. The Bertz CT molecular complexity index is 1170. The molecule has 4 rings (SSSR count). The van der Waals surface area contributed by atoms with E-state index in [1.807, 2.05) is 42.5 Å². The number of alkyl halides is 3. The molecule has 3 aromatic rings. The van der Waals surface area contributed by atoms with E-state index in [0.29, 0.717) is 11.3 Å². The molecule has 31 heavy (non-hydrogen) atoms. The third-order valence-electron chi connectivity index (χ3n) is 4.73. The van der Waals surface area contributed by atoms with Gasteiger partial charge in [-0.1, -0.05) is 48.5 Å². The summed E-state index contributed by atoms with van der Waals surface area (Å²) in [6.45, 7) is 0.192. The Morgan fingerprint density at radius 2 is 1.65 bits per heavy atom. The lowest BCUT2D eigenvalue weighted by molar-refractivity contribution is -0.137. The first-order valence-electron chi connectivity index (χ1n) is 9.36. The van der Waals surface area contributed by atoms with Crippen LogP contribution in [-0.4, -0.2) is 29.2 Å². The molecule has 3 aromatic carbocycles. The predicted octanol–water partition coefficient (Wildman–Crippen LogP) is 5.97. The van der Waals surface area contributed by atoms with Crippen molar-refractivity contribution in [3.8, 4) is 5.75 Å². The van der Waals surface area contributed by atoms with Crippen LogP contribution in [0, 0.1) is 0 Å². The summed E-state index contributed by atoms with van der Waals surface area (Å²) in [5, 5.41) is 1.51. The molecular weight excluding hydrogens is 427 g/mol. The number of benzene rings is 3. The van der Waals surface area contributed by atoms with Crippen molar-refractivity contribution in [2.24, 2.45) is 0 Å². The number of hydrogen-bond acceptors (Lipinski definition) is 4. The lowest BCUT2D eigenvalue weighted by Crippen LogP contribution is -2.32. The Morgan fingerprint density at radius 1 is 0.935 bits per heavy atom. The topological polar surface area (TPSA) is 46.6 Å². The molecule has 8 heteroatoms. The molecule has 0 spiro atoms. The Kier molecular flexibility index (Phi) is 5.73. The van der Waals surface area contributed by atoms with Gasteiger partial charge in [-0.15, -0.1) is 0 Å². The molecule has 0 bridgehead atoms. The van der Waals surface area contributed by atoms with Crippen molar-refractivity contribution < 1.29 is 27.5 Å². The monoisotopic (exact) mass is 443 g/mol. The van der Waals surface area contributed by atoms with Crippen LogP contribution >= 0.6 is 11.8 Å². The van der Waals surface area contributed by atoms with E-state index in [2.05, 4.69) is 0 Å². The fourth-order valence-corrected chi connectivity index (χ4v) is 4.05. The Balaban J connectivity index is 1.42. The summed E-state index contributed by atoms with van der Waals surface area (Å²) in [5.41, 5.74) is -0.367. The maximum Gasteiger partial charge on any atom is 0.416 e. The highest BCUT2D eigenvalue weighted by Gasteiger charge is 2.35. The molecule has 158 valence electrons. The zero-order valence-corrected chi connectivity index (χ0v) is 16.9. The molecule has 0 radical (unpaired) electrons. The Morgan fingerprint density at radius 3 is 2.39 bits per heavy atom. The minimum Gasteiger partial charge on any atom is -0.491 e. The minimum absolute atomic E-state index is 0.0677. The zero-order valence-electron chi connectivity index (χ0n) is 16.1. The molecule has 0 aliphatic carbocycles. The van der Waals surface area contributed by atoms with Gasteiger partial charge in [-0.05, 0) is 47.0 Å². The van der Waals surface area contributed by atoms with Crippen molar-refractivity contribution in [1.29, 1.82) is 0 Å². The number of halogens is 3. The second kappa shape index (κ2) is 8.47. The van der Waals surface area contributed by atoms with Crippen molar-refractivity contribution in [2.45, 2.75) is 6.18 Å². The van der Waals surface area contributed by atoms with Crippen LogP contribution in [0.2, 0.25) is 0 Å². The standard InChI is InChI=1S/C23H16F3NO3S/c24-23(25,26)17-10-8-15(9-11-17)14-20-21(28)27(22(29)31-20)12-13-30-19-7-3-5-16-4-1-2-6-18(16)19/h1-11,14H,12-13H2/b20-14-. The van der Waals surface area contributed by atoms with Crippen LogP contribution in [0.15, 0.2) is 71.6 Å². The lowest BCUT2D eigenvalue weighted by atomic mass is 10.1. The highest BCUT2D eigenvalue weighted by molar-refractivity contribution is 8.18. The number of hydrogen-bond donors (Lipinski definition) is 0. The van der Waals surface area contributed by atoms with Crippen LogP contribution < -0.4 is 4.74 Å². The van der Waals surface area contributed by atoms with Gasteiger partial charge in [0.2, 0.25) is 0 Å². The van der Waals surface area contributed by atoms with E-state index >= 15 is 0 Å². The van der Waals surface area contributed by atoms with Gasteiger partial charge in [0.15, 0.2) is 0 Å². The molecule has 1 aliphatic heterocycles. The van der Waals surface area contributed by atoms with Crippen LogP contribution in [0.5, 0.6) is 5.75 Å². The highest BCUT2D eigenvalue weighted by atomic mass is 32.2. The molecule has 0 saturated carbocycles. The number of imide groups is 1. The molecule has 0 N–H and O–H groups in total. The number of rotatable bonds is 5. The first-order valence-corrected chi connectivity index (χ1v) is 10.2. The summed E-state index contributed by atoms with van der Waals surface area (Å²) in [6, 6.07) is 17.8. The van der Waals surface area contributed by atoms with E-state index < -0.39 is 22.9 Å². The minimum atomic E-state index is -4.43. The van der Waals surface area contributed by atoms with Gasteiger partial charge in [0, 0.05) is 5.39 Å². The summed E-state index contributed by atoms with van der Waals surface area (Å²) in [7, 11) is 0. The van der Waals surface area contributed by atoms with E-state index in [1.165, 1.54) is 18.2 Å². The molecular formula is C23H16F3NO3S. The van der Waals surface area contributed by atoms with Crippen LogP contribution in [0.25, 0.3) is 16.8 Å². The van der Waals surface area contributed by atoms with Gasteiger partial charge >= 0.3 is 6.18 Å². The number of fused-ring (bicyclic) bond motifs is 1. The van der Waals surface area contributed by atoms with Crippen molar-refractivity contribution in [1.82, 2.24) is 4.90 Å². The Hall–Kier alpha value is -3.26. The molecule has 2 amide bonds. The van der Waals surface area contributed by atoms with Crippen LogP contribution in [-0.2, 0) is 11.0 Å². The molecule has 1 fully saturated rings. The second-order valence-corrected chi connectivity index (χ2v) is 7.77. The summed E-state index contributed by atoms with van der Waals surface area (Å²) >= 11 is 0.756. The van der Waals surface area contributed by atoms with E-state index in [1.54, 1.807) is 0 Å². The molecule has 1 heterocycles. The van der Waals surface area contributed by atoms with Crippen molar-refractivity contribution >= 4 is 39.8 Å². The van der Waals surface area contributed by atoms with Crippen molar-refractivity contribution in [2.75, 3.05) is 13.2 Å². The fraction of sp³-hybridized carbons (Fsp3) is 0.130. The average Bonchev–Trinajstić information content (AvgIpc) is 3.01. The maximum absolute atomic E-state index is 12.7. The van der Waals surface area contributed by atoms with Gasteiger partial charge in [0.1, 0.15) is 12.4 Å². The third kappa shape index (κ3) is 4.59. The Labute approximate surface area is 180 Å². The van der Waals surface area contributed by atoms with Gasteiger partial charge < -0.3 is 4.74 Å². The van der Waals surface area contributed by atoms with Gasteiger partial charge in [0.05, 0.1) is 17.0 Å². The summed E-state index contributed by atoms with van der Waals surface area (Å²) in [5.74, 6) is 0.168. The third-order valence-corrected chi connectivity index (χ3v) is 5.64. The smallest absolute Gasteiger partial charge is 0.416 e. The largest absolute Gasteiger partial charge is 0.491 e. The molecule has 1 saturated heterocycles. The fourth-order valence-electron chi connectivity index (χ4n) is 3.18. The van der Waals surface area contributed by atoms with Gasteiger partial charge in [-0.25, -0.2) is 0 Å². The average molecular weight is 443 g/mol. The van der Waals surface area contributed by atoms with E-state index in [4.69, 9.17) is 4.74 Å². The molecule has 0 aromatic heterocycles. The van der Waals surface area contributed by atoms with E-state index in [0.717, 1.165) is 39.6 Å². The van der Waals surface area contributed by atoms with Crippen LogP contribution in [0.4, 0.5) is 18.0 Å². The normalized spacial score (nSPS) is 15.8. The first-order chi connectivity index (χ1) is 14.8. The quantitative estimate of drug-likeness (QED) is 0.456. The predicted molar refractivity (Wildman–Crippen MR) is 114 cm³/mol. The SMILES string of the molecule is O=C1S/C(=C\c2ccc(C(F)(F)F)cc2)C(=O)N1CCOc1cccc2ccccc12. The number of thioether (sulfide) groups is 1.